The number of benzene rings is 3. The van der Waals surface area contributed by atoms with E-state index in [0.29, 0.717) is 61.0 Å². The van der Waals surface area contributed by atoms with Gasteiger partial charge < -0.3 is 51.2 Å². The van der Waals surface area contributed by atoms with Gasteiger partial charge in [0.2, 0.25) is 29.5 Å². The number of carbonyl (C=O) groups excluding carboxylic acids is 5. The van der Waals surface area contributed by atoms with Gasteiger partial charge in [-0.25, -0.2) is 14.6 Å². The monoisotopic (exact) mass is 1110 g/mol. The highest BCUT2D eigenvalue weighted by molar-refractivity contribution is 5.98. The van der Waals surface area contributed by atoms with E-state index in [0.717, 1.165) is 120 Å². The second-order valence-electron chi connectivity index (χ2n) is 22.7. The maximum Gasteiger partial charge on any atom is 0.246 e. The Morgan fingerprint density at radius 1 is 0.778 bits per heavy atom. The molecule has 3 aromatic carbocycles. The fourth-order valence-corrected chi connectivity index (χ4v) is 12.7. The van der Waals surface area contributed by atoms with Gasteiger partial charge in [0.25, 0.3) is 0 Å². The maximum atomic E-state index is 14.7. The molecule has 0 bridgehead atoms. The number of nitrogens with zero attached hydrogens (tertiary/aromatic N) is 8. The topological polar surface area (TPSA) is 235 Å². The molecule has 3 aliphatic heterocycles. The molecule has 2 aliphatic carbocycles. The number of nitrogens with one attached hydrogen (secondary N) is 4. The largest absolute Gasteiger partial charge is 0.457 e. The molecule has 6 atom stereocenters. The highest BCUT2D eigenvalue weighted by atomic mass is 16.5. The molecule has 0 spiro atoms. The molecule has 4 fully saturated rings. The quantitative estimate of drug-likeness (QED) is 0.0580. The van der Waals surface area contributed by atoms with Crippen LogP contribution in [0.4, 0.5) is 5.82 Å². The predicted molar refractivity (Wildman–Crippen MR) is 309 cm³/mol. The molecule has 1 saturated carbocycles. The zero-order valence-electron chi connectivity index (χ0n) is 47.1. The minimum absolute atomic E-state index is 0.0442. The number of ether oxygens (including phenoxy) is 2. The zero-order valence-corrected chi connectivity index (χ0v) is 47.1. The summed E-state index contributed by atoms with van der Waals surface area (Å²) in [6, 6.07) is 22.8. The van der Waals surface area contributed by atoms with Crippen molar-refractivity contribution in [1.82, 2.24) is 60.6 Å². The normalized spacial score (nSPS) is 21.7. The molecule has 0 radical (unpaired) electrons. The molecule has 5 amide bonds. The van der Waals surface area contributed by atoms with Crippen LogP contribution in [0.25, 0.3) is 22.3 Å². The number of hydrogen-bond acceptors (Lipinski definition) is 14. The number of carbonyl (C=O) groups is 5. The van der Waals surface area contributed by atoms with Crippen LogP contribution in [0.3, 0.4) is 0 Å². The zero-order chi connectivity index (χ0) is 56.2. The molecular weight excluding hydrogens is 1030 g/mol. The first-order valence-corrected chi connectivity index (χ1v) is 29.6. The van der Waals surface area contributed by atoms with Gasteiger partial charge in [-0.1, -0.05) is 61.7 Å². The summed E-state index contributed by atoms with van der Waals surface area (Å²) in [5, 5.41) is 18.2. The first-order valence-electron chi connectivity index (χ1n) is 29.6. The van der Waals surface area contributed by atoms with Gasteiger partial charge in [0.1, 0.15) is 48.0 Å². The van der Waals surface area contributed by atoms with Crippen LogP contribution in [0.2, 0.25) is 0 Å². The molecule has 5 heterocycles. The van der Waals surface area contributed by atoms with Crippen molar-refractivity contribution < 1.29 is 33.4 Å². The first-order chi connectivity index (χ1) is 39.5. The van der Waals surface area contributed by atoms with E-state index in [1.165, 1.54) is 11.9 Å². The van der Waals surface area contributed by atoms with Crippen molar-refractivity contribution in [1.29, 1.82) is 0 Å². The Hall–Kier alpha value is -7.00. The van der Waals surface area contributed by atoms with Gasteiger partial charge in [0.15, 0.2) is 5.65 Å². The van der Waals surface area contributed by atoms with Crippen LogP contribution < -0.4 is 31.7 Å². The number of fused-ring (bicyclic) bond motifs is 2. The average Bonchev–Trinajstić information content (AvgIpc) is 4.30. The van der Waals surface area contributed by atoms with E-state index in [1.807, 2.05) is 76.3 Å². The van der Waals surface area contributed by atoms with Crippen molar-refractivity contribution in [3.63, 3.8) is 0 Å². The molecule has 432 valence electrons. The minimum Gasteiger partial charge on any atom is -0.457 e. The molecule has 6 N–H and O–H groups in total. The van der Waals surface area contributed by atoms with Gasteiger partial charge in [-0.2, -0.15) is 5.10 Å². The van der Waals surface area contributed by atoms with Crippen molar-refractivity contribution in [2.24, 2.45) is 5.92 Å². The Labute approximate surface area is 475 Å². The Morgan fingerprint density at radius 3 is 2.30 bits per heavy atom. The lowest BCUT2D eigenvalue weighted by Gasteiger charge is -2.35. The third-order valence-corrected chi connectivity index (χ3v) is 17.3. The van der Waals surface area contributed by atoms with Crippen LogP contribution in [0.5, 0.6) is 11.5 Å². The van der Waals surface area contributed by atoms with Crippen molar-refractivity contribution in [2.45, 2.75) is 127 Å². The lowest BCUT2D eigenvalue weighted by Crippen LogP contribution is -2.58. The summed E-state index contributed by atoms with van der Waals surface area (Å²) in [6.07, 6.45) is 12.1. The smallest absolute Gasteiger partial charge is 0.246 e. The van der Waals surface area contributed by atoms with Gasteiger partial charge in [-0.15, -0.1) is 0 Å². The van der Waals surface area contributed by atoms with Crippen molar-refractivity contribution in [3.05, 3.63) is 96.3 Å². The lowest BCUT2D eigenvalue weighted by molar-refractivity contribution is -0.143. The van der Waals surface area contributed by atoms with E-state index in [1.54, 1.807) is 18.9 Å². The fourth-order valence-electron chi connectivity index (χ4n) is 12.7. The Morgan fingerprint density at radius 2 is 1.52 bits per heavy atom. The van der Waals surface area contributed by atoms with Crippen molar-refractivity contribution in [2.75, 3.05) is 84.9 Å². The highest BCUT2D eigenvalue weighted by Crippen LogP contribution is 2.36. The Balaban J connectivity index is 0.664. The number of amides is 5. The second-order valence-corrected chi connectivity index (χ2v) is 22.7. The van der Waals surface area contributed by atoms with Crippen LogP contribution in [-0.4, -0.2) is 172 Å². The van der Waals surface area contributed by atoms with E-state index < -0.39 is 24.2 Å². The minimum atomic E-state index is -0.816. The van der Waals surface area contributed by atoms with Crippen LogP contribution in [0, 0.1) is 5.92 Å². The van der Waals surface area contributed by atoms with Crippen LogP contribution >= 0.6 is 0 Å². The van der Waals surface area contributed by atoms with Gasteiger partial charge in [-0.05, 0) is 132 Å². The number of nitrogen functional groups attached to an aromatic ring is 1. The summed E-state index contributed by atoms with van der Waals surface area (Å²) in [5.74, 6) is 0.840. The van der Waals surface area contributed by atoms with E-state index in [4.69, 9.17) is 20.3 Å². The van der Waals surface area contributed by atoms with Crippen LogP contribution in [0.15, 0.2) is 85.2 Å². The molecule has 5 aromatic rings. The molecule has 20 nitrogen and oxygen atoms in total. The van der Waals surface area contributed by atoms with E-state index in [2.05, 4.69) is 53.2 Å². The van der Waals surface area contributed by atoms with Gasteiger partial charge in [0.05, 0.1) is 30.1 Å². The summed E-state index contributed by atoms with van der Waals surface area (Å²) in [4.78, 5) is 86.8. The Kier molecular flexibility index (Phi) is 19.2. The van der Waals surface area contributed by atoms with Gasteiger partial charge >= 0.3 is 0 Å². The summed E-state index contributed by atoms with van der Waals surface area (Å²) in [6.45, 7) is 8.38. The number of nitrogens with two attached hydrogens (primary N) is 1. The number of likely N-dealkylation sites (tertiary alicyclic amines) is 2. The summed E-state index contributed by atoms with van der Waals surface area (Å²) in [5.41, 5.74) is 11.0. The first kappa shape index (κ1) is 57.2. The SMILES string of the molecule is CN[C@@H](C)C(=O)N[C@H](C(=O)N1C[C@@H](NC(=O)COCCN2CCN(CCCC(=O)N3CCC[C@@H](n4nc(-c5ccc(Oc6ccccc6)cc5)c5c(N)ncnc54)C3)CC2)C[C@H]1C(=O)N[C@@H]1CCCc2ccccc21)C1CCCCC1. The van der Waals surface area contributed by atoms with Crippen LogP contribution in [0.1, 0.15) is 107 Å². The molecule has 0 unspecified atom stereocenters. The predicted octanol–water partition coefficient (Wildman–Crippen LogP) is 5.40. The van der Waals surface area contributed by atoms with E-state index in [-0.39, 0.29) is 67.1 Å². The standard InChI is InChI=1S/C61H81N13O7/c1-41(63-2)59(77)68-56(43-15-5-3-6-16-43)61(79)73-37-45(36-51(73)60(78)67-50-22-11-17-42-14-9-10-21-49(42)50)66-52(75)39-80-35-34-71-32-30-70(31-33-71)28-13-23-53(76)72-29-12-18-46(38-72)74-58-54(57(62)64-40-65-58)55(69-74)44-24-26-48(27-25-44)81-47-19-7-4-8-20-47/h4,7-10,14,19-21,24-27,40-41,43,45-46,50-51,56,63H,3,5-6,11-13,15-18,22-23,28-39H2,1-2H3,(H,66,75)(H,67,78)(H,68,77)(H2,62,64,65)/t41-,45-,46+,50+,51-,56-/m0/s1. The second kappa shape index (κ2) is 27.2. The van der Waals surface area contributed by atoms with Gasteiger partial charge in [0, 0.05) is 70.4 Å². The molecule has 10 rings (SSSR count). The molecule has 20 heteroatoms. The van der Waals surface area contributed by atoms with Gasteiger partial charge in [-0.3, -0.25) is 28.9 Å². The molecule has 3 saturated heterocycles. The average molecular weight is 1110 g/mol. The summed E-state index contributed by atoms with van der Waals surface area (Å²) < 4.78 is 13.9. The number of anilines is 1. The number of para-hydroxylation sites is 1. The van der Waals surface area contributed by atoms with E-state index in [9.17, 15) is 24.0 Å². The van der Waals surface area contributed by atoms with E-state index >= 15 is 0 Å². The molecular formula is C61H81N13O7. The number of aromatic nitrogens is 4. The molecule has 5 aliphatic rings. The number of hydrogen-bond donors (Lipinski definition) is 5. The highest BCUT2D eigenvalue weighted by Gasteiger charge is 2.45. The lowest BCUT2D eigenvalue weighted by atomic mass is 9.83. The number of piperazine rings is 1. The fraction of sp³-hybridized carbons (Fsp3) is 0.541. The molecule has 2 aromatic heterocycles. The number of likely N-dealkylation sites (N-methyl/N-ethyl adjacent to an activating group) is 1. The number of aryl methyl sites for hydroxylation is 1. The number of rotatable bonds is 21. The summed E-state index contributed by atoms with van der Waals surface area (Å²) >= 11 is 0. The number of piperidine rings is 1. The maximum absolute atomic E-state index is 14.7. The summed E-state index contributed by atoms with van der Waals surface area (Å²) in [7, 11) is 1.71. The van der Waals surface area contributed by atoms with Crippen molar-refractivity contribution in [3.8, 4) is 22.8 Å². The third kappa shape index (κ3) is 14.2. The van der Waals surface area contributed by atoms with Crippen molar-refractivity contribution >= 4 is 46.4 Å². The Bertz CT molecular complexity index is 2950. The third-order valence-electron chi connectivity index (χ3n) is 17.3. The van der Waals surface area contributed by atoms with Crippen LogP contribution in [-0.2, 0) is 35.1 Å². The molecule has 81 heavy (non-hydrogen) atoms.